The molecule has 1 aliphatic rings. The lowest BCUT2D eigenvalue weighted by Crippen LogP contribution is -2.24. The maximum Gasteiger partial charge on any atom is 0.0596 e. The number of anilines is 2. The number of fused-ring (bicyclic) bond motifs is 1. The number of nitrogens with two attached hydrogens (primary N) is 2. The highest BCUT2D eigenvalue weighted by Gasteiger charge is 2.12. The van der Waals surface area contributed by atoms with E-state index >= 15 is 0 Å². The van der Waals surface area contributed by atoms with Crippen LogP contribution in [-0.2, 0) is 13.0 Å². The van der Waals surface area contributed by atoms with Gasteiger partial charge in [0, 0.05) is 6.54 Å². The van der Waals surface area contributed by atoms with Gasteiger partial charge in [-0.1, -0.05) is 6.07 Å². The van der Waals surface area contributed by atoms with E-state index in [1.54, 1.807) is 0 Å². The van der Waals surface area contributed by atoms with Crippen molar-refractivity contribution < 1.29 is 0 Å². The molecule has 5 N–H and O–H groups in total. The van der Waals surface area contributed by atoms with Crippen LogP contribution < -0.4 is 16.8 Å². The molecule has 0 bridgehead atoms. The van der Waals surface area contributed by atoms with Gasteiger partial charge in [0.25, 0.3) is 0 Å². The average Bonchev–Trinajstić information content (AvgIpc) is 2.12. The molecule has 80 valence electrons. The summed E-state index contributed by atoms with van der Waals surface area (Å²) in [6, 6.07) is 3.96. The van der Waals surface area contributed by atoms with E-state index in [9.17, 15) is 0 Å². The van der Waals surface area contributed by atoms with Crippen LogP contribution in [0.4, 0.5) is 11.4 Å². The summed E-state index contributed by atoms with van der Waals surface area (Å²) in [5.74, 6) is 0. The largest absolute Gasteiger partial charge is 0.397 e. The molecule has 0 spiro atoms. The van der Waals surface area contributed by atoms with Crippen LogP contribution >= 0.6 is 29.4 Å². The molecule has 0 unspecified atom stereocenters. The third-order valence-electron chi connectivity index (χ3n) is 2.36. The number of halogens is 2. The highest BCUT2D eigenvalue weighted by Crippen LogP contribution is 2.25. The number of benzene rings is 1. The Balaban J connectivity index is 0.000000845. The molecule has 5 heteroatoms. The van der Waals surface area contributed by atoms with Gasteiger partial charge in [0.05, 0.1) is 11.4 Å². The highest BCUT2D eigenvalue weighted by molar-refractivity contribution is 8.93. The van der Waals surface area contributed by atoms with E-state index in [2.05, 4.69) is 11.4 Å². The Morgan fingerprint density at radius 2 is 1.93 bits per heavy atom. The monoisotopic (exact) mass is 279 g/mol. The van der Waals surface area contributed by atoms with E-state index in [0.29, 0.717) is 5.69 Å². The van der Waals surface area contributed by atoms with Gasteiger partial charge >= 0.3 is 0 Å². The van der Waals surface area contributed by atoms with Gasteiger partial charge in [-0.3, -0.25) is 0 Å². The second-order valence-corrected chi connectivity index (χ2v) is 3.13. The van der Waals surface area contributed by atoms with Gasteiger partial charge < -0.3 is 16.8 Å². The maximum absolute atomic E-state index is 5.84. The predicted octanol–water partition coefficient (Wildman–Crippen LogP) is 1.50. The molecule has 0 amide bonds. The topological polar surface area (TPSA) is 64.1 Å². The van der Waals surface area contributed by atoms with E-state index in [-0.39, 0.29) is 29.4 Å². The standard InChI is InChI=1S/C9H13N3.BrH.ClH/c10-8-2-1-6-3-4-12-5-7(6)9(8)11;;/h1-2,12H,3-5,10-11H2;2*1H. The molecule has 1 aliphatic heterocycles. The van der Waals surface area contributed by atoms with E-state index in [1.165, 1.54) is 11.1 Å². The van der Waals surface area contributed by atoms with Crippen LogP contribution in [0.15, 0.2) is 12.1 Å². The zero-order valence-corrected chi connectivity index (χ0v) is 10.3. The number of hydrogen-bond acceptors (Lipinski definition) is 3. The zero-order valence-electron chi connectivity index (χ0n) is 7.75. The molecule has 0 fully saturated rings. The van der Waals surface area contributed by atoms with Gasteiger partial charge in [0.15, 0.2) is 0 Å². The Kier molecular flexibility index (Phi) is 5.26. The van der Waals surface area contributed by atoms with Crippen molar-refractivity contribution in [1.29, 1.82) is 0 Å². The molecule has 0 saturated carbocycles. The van der Waals surface area contributed by atoms with Gasteiger partial charge in [0.2, 0.25) is 0 Å². The molecule has 0 aliphatic carbocycles. The smallest absolute Gasteiger partial charge is 0.0596 e. The van der Waals surface area contributed by atoms with Crippen molar-refractivity contribution in [3.8, 4) is 0 Å². The molecule has 2 rings (SSSR count). The highest BCUT2D eigenvalue weighted by atomic mass is 79.9. The quantitative estimate of drug-likeness (QED) is 0.631. The van der Waals surface area contributed by atoms with E-state index in [1.807, 2.05) is 6.07 Å². The minimum atomic E-state index is 0. The first-order chi connectivity index (χ1) is 5.79. The molecule has 1 aromatic rings. The molecule has 0 aromatic heterocycles. The Bertz CT molecular complexity index is 317. The lowest BCUT2D eigenvalue weighted by atomic mass is 9.98. The molecular weight excluding hydrogens is 265 g/mol. The van der Waals surface area contributed by atoms with Crippen LogP contribution in [0.1, 0.15) is 11.1 Å². The summed E-state index contributed by atoms with van der Waals surface area (Å²) in [6.45, 7) is 1.89. The average molecular weight is 281 g/mol. The zero-order chi connectivity index (χ0) is 8.55. The van der Waals surface area contributed by atoms with Crippen molar-refractivity contribution in [1.82, 2.24) is 5.32 Å². The number of nitrogen functional groups attached to an aromatic ring is 2. The summed E-state index contributed by atoms with van der Waals surface area (Å²) in [5, 5.41) is 3.27. The van der Waals surface area contributed by atoms with Crippen LogP contribution in [0.3, 0.4) is 0 Å². The van der Waals surface area contributed by atoms with Crippen molar-refractivity contribution in [2.75, 3.05) is 18.0 Å². The number of hydrogen-bond donors (Lipinski definition) is 3. The molecule has 1 aromatic carbocycles. The first-order valence-corrected chi connectivity index (χ1v) is 4.15. The first kappa shape index (κ1) is 13.5. The van der Waals surface area contributed by atoms with E-state index < -0.39 is 0 Å². The minimum Gasteiger partial charge on any atom is -0.397 e. The fraction of sp³-hybridized carbons (Fsp3) is 0.333. The molecule has 0 atom stereocenters. The fourth-order valence-corrected chi connectivity index (χ4v) is 1.61. The Morgan fingerprint density at radius 1 is 1.21 bits per heavy atom. The van der Waals surface area contributed by atoms with Crippen LogP contribution in [-0.4, -0.2) is 6.54 Å². The maximum atomic E-state index is 5.84. The number of rotatable bonds is 0. The van der Waals surface area contributed by atoms with Crippen molar-refractivity contribution >= 4 is 40.8 Å². The van der Waals surface area contributed by atoms with Crippen molar-refractivity contribution in [3.63, 3.8) is 0 Å². The summed E-state index contributed by atoms with van der Waals surface area (Å²) in [5.41, 5.74) is 15.5. The molecule has 3 nitrogen and oxygen atoms in total. The molecular formula is C9H15BrClN3. The van der Waals surface area contributed by atoms with E-state index in [0.717, 1.165) is 25.2 Å². The summed E-state index contributed by atoms with van der Waals surface area (Å²) in [6.07, 6.45) is 1.06. The molecule has 0 radical (unpaired) electrons. The van der Waals surface area contributed by atoms with Crippen LogP contribution in [0.25, 0.3) is 0 Å². The summed E-state index contributed by atoms with van der Waals surface area (Å²) in [7, 11) is 0. The molecule has 14 heavy (non-hydrogen) atoms. The Hall–Kier alpha value is -0.450. The lowest BCUT2D eigenvalue weighted by Gasteiger charge is -2.19. The minimum absolute atomic E-state index is 0. The lowest BCUT2D eigenvalue weighted by molar-refractivity contribution is 0.645. The molecule has 1 heterocycles. The van der Waals surface area contributed by atoms with Crippen molar-refractivity contribution in [2.45, 2.75) is 13.0 Å². The van der Waals surface area contributed by atoms with Gasteiger partial charge in [-0.2, -0.15) is 0 Å². The SMILES string of the molecule is Br.Cl.Nc1ccc2c(c1N)CNCC2. The molecule has 0 saturated heterocycles. The second-order valence-electron chi connectivity index (χ2n) is 3.13. The van der Waals surface area contributed by atoms with Crippen LogP contribution in [0, 0.1) is 0 Å². The summed E-state index contributed by atoms with van der Waals surface area (Å²) < 4.78 is 0. The third kappa shape index (κ3) is 2.32. The van der Waals surface area contributed by atoms with Crippen LogP contribution in [0.5, 0.6) is 0 Å². The Morgan fingerprint density at radius 3 is 2.64 bits per heavy atom. The van der Waals surface area contributed by atoms with E-state index in [4.69, 9.17) is 11.5 Å². The summed E-state index contributed by atoms with van der Waals surface area (Å²) in [4.78, 5) is 0. The summed E-state index contributed by atoms with van der Waals surface area (Å²) >= 11 is 0. The van der Waals surface area contributed by atoms with Crippen molar-refractivity contribution in [3.05, 3.63) is 23.3 Å². The predicted molar refractivity (Wildman–Crippen MR) is 68.2 cm³/mol. The second kappa shape index (κ2) is 5.44. The van der Waals surface area contributed by atoms with Crippen molar-refractivity contribution in [2.24, 2.45) is 0 Å². The van der Waals surface area contributed by atoms with Gasteiger partial charge in [0.1, 0.15) is 0 Å². The van der Waals surface area contributed by atoms with Gasteiger partial charge in [-0.25, -0.2) is 0 Å². The first-order valence-electron chi connectivity index (χ1n) is 4.15. The number of nitrogens with one attached hydrogen (secondary N) is 1. The normalized spacial score (nSPS) is 13.4. The van der Waals surface area contributed by atoms with Crippen LogP contribution in [0.2, 0.25) is 0 Å². The Labute approximate surface area is 100 Å². The van der Waals surface area contributed by atoms with Gasteiger partial charge in [-0.15, -0.1) is 29.4 Å². The van der Waals surface area contributed by atoms with Gasteiger partial charge in [-0.05, 0) is 30.2 Å². The third-order valence-corrected chi connectivity index (χ3v) is 2.36. The fourth-order valence-electron chi connectivity index (χ4n) is 1.61.